The number of benzene rings is 1. The van der Waals surface area contributed by atoms with Crippen molar-refractivity contribution in [2.24, 2.45) is 0 Å². The van der Waals surface area contributed by atoms with E-state index < -0.39 is 0 Å². The van der Waals surface area contributed by atoms with Crippen LogP contribution in [0, 0.1) is 0 Å². The van der Waals surface area contributed by atoms with Crippen molar-refractivity contribution in [1.82, 2.24) is 9.97 Å². The lowest BCUT2D eigenvalue weighted by molar-refractivity contribution is 0.0995. The summed E-state index contributed by atoms with van der Waals surface area (Å²) >= 11 is 6.51. The molecule has 2 aromatic heterocycles. The van der Waals surface area contributed by atoms with E-state index in [2.05, 4.69) is 41.8 Å². The molecule has 3 aromatic rings. The van der Waals surface area contributed by atoms with Crippen molar-refractivity contribution in [1.29, 1.82) is 0 Å². The molecule has 2 heterocycles. The number of fused-ring (bicyclic) bond motifs is 2. The topological polar surface area (TPSA) is 94.1 Å². The standard InChI is InChI=1S/C24H10Br2N2O4/c25-17-15(21(29)13-3-1-9-27-19(13)23(17)31)11-5-7-12(8-6-11)16-18(26)24(32)20-14(22(16)30)4-2-10-28-20/h1-10H. The molecule has 154 valence electrons. The van der Waals surface area contributed by atoms with Gasteiger partial charge < -0.3 is 0 Å². The van der Waals surface area contributed by atoms with Crippen LogP contribution in [0.1, 0.15) is 52.8 Å². The van der Waals surface area contributed by atoms with Gasteiger partial charge in [0.15, 0.2) is 11.6 Å². The number of ketones is 4. The van der Waals surface area contributed by atoms with Crippen molar-refractivity contribution >= 4 is 66.1 Å². The molecule has 2 aliphatic rings. The quantitative estimate of drug-likeness (QED) is 0.453. The first kappa shape index (κ1) is 20.5. The lowest BCUT2D eigenvalue weighted by Gasteiger charge is -2.19. The number of Topliss-reactive ketones (excluding diaryl/α,β-unsaturated/α-hetero) is 4. The molecular formula is C24H10Br2N2O4. The maximum Gasteiger partial charge on any atom is 0.219 e. The molecule has 5 rings (SSSR count). The van der Waals surface area contributed by atoms with Crippen molar-refractivity contribution in [2.75, 3.05) is 0 Å². The molecule has 0 amide bonds. The molecule has 0 bridgehead atoms. The Morgan fingerprint density at radius 1 is 0.531 bits per heavy atom. The SMILES string of the molecule is O=C1C(c2ccc(C3=C(Br)C(=O)c4ncccc4C3=O)cc2)=C(Br)C(=O)c2ncccc21. The summed E-state index contributed by atoms with van der Waals surface area (Å²) in [6.45, 7) is 0. The summed E-state index contributed by atoms with van der Waals surface area (Å²) in [5.41, 5.74) is 2.13. The highest BCUT2D eigenvalue weighted by molar-refractivity contribution is 9.12. The normalized spacial score (nSPS) is 15.8. The zero-order valence-electron chi connectivity index (χ0n) is 16.1. The van der Waals surface area contributed by atoms with E-state index in [1.54, 1.807) is 48.5 Å². The highest BCUT2D eigenvalue weighted by Crippen LogP contribution is 2.37. The molecule has 0 N–H and O–H groups in total. The zero-order valence-corrected chi connectivity index (χ0v) is 19.2. The second kappa shape index (κ2) is 7.65. The number of hydrogen-bond donors (Lipinski definition) is 0. The molecule has 0 fully saturated rings. The van der Waals surface area contributed by atoms with Crippen LogP contribution in [0.4, 0.5) is 0 Å². The smallest absolute Gasteiger partial charge is 0.219 e. The Bertz CT molecular complexity index is 1340. The second-order valence-corrected chi connectivity index (χ2v) is 8.66. The summed E-state index contributed by atoms with van der Waals surface area (Å²) in [6, 6.07) is 12.9. The predicted octanol–water partition coefficient (Wildman–Crippen LogP) is 4.85. The Balaban J connectivity index is 1.58. The van der Waals surface area contributed by atoms with Gasteiger partial charge in [-0.15, -0.1) is 0 Å². The first-order valence-corrected chi connectivity index (χ1v) is 11.0. The summed E-state index contributed by atoms with van der Waals surface area (Å²) < 4.78 is 0.261. The Hall–Kier alpha value is -3.36. The van der Waals surface area contributed by atoms with Gasteiger partial charge in [0.1, 0.15) is 11.4 Å². The summed E-state index contributed by atoms with van der Waals surface area (Å²) in [5.74, 6) is -1.39. The van der Waals surface area contributed by atoms with E-state index in [0.717, 1.165) is 0 Å². The number of allylic oxidation sites excluding steroid dienone is 4. The fraction of sp³-hybridized carbons (Fsp3) is 0. The van der Waals surface area contributed by atoms with Gasteiger partial charge >= 0.3 is 0 Å². The first-order valence-electron chi connectivity index (χ1n) is 9.39. The molecule has 32 heavy (non-hydrogen) atoms. The highest BCUT2D eigenvalue weighted by Gasteiger charge is 2.34. The number of rotatable bonds is 2. The van der Waals surface area contributed by atoms with Crippen LogP contribution in [0.5, 0.6) is 0 Å². The molecule has 0 radical (unpaired) electrons. The van der Waals surface area contributed by atoms with Gasteiger partial charge in [-0.2, -0.15) is 0 Å². The summed E-state index contributed by atoms with van der Waals surface area (Å²) in [6.07, 6.45) is 2.93. The van der Waals surface area contributed by atoms with Crippen LogP contribution in [0.3, 0.4) is 0 Å². The van der Waals surface area contributed by atoms with Crippen molar-refractivity contribution in [3.8, 4) is 0 Å². The molecule has 8 heteroatoms. The molecule has 0 saturated carbocycles. The summed E-state index contributed by atoms with van der Waals surface area (Å²) in [7, 11) is 0. The minimum Gasteiger partial charge on any atom is -0.288 e. The lowest BCUT2D eigenvalue weighted by Crippen LogP contribution is -2.21. The summed E-state index contributed by atoms with van der Waals surface area (Å²) in [4.78, 5) is 59.5. The molecular weight excluding hydrogens is 540 g/mol. The number of carbonyl (C=O) groups excluding carboxylic acids is 4. The number of nitrogens with zero attached hydrogens (tertiary/aromatic N) is 2. The Morgan fingerprint density at radius 3 is 1.28 bits per heavy atom. The van der Waals surface area contributed by atoms with Gasteiger partial charge in [0, 0.05) is 23.5 Å². The van der Waals surface area contributed by atoms with Gasteiger partial charge in [0.05, 0.1) is 20.1 Å². The van der Waals surface area contributed by atoms with E-state index in [1.807, 2.05) is 0 Å². The first-order chi connectivity index (χ1) is 15.4. The Kier molecular flexibility index (Phi) is 4.91. The molecule has 1 aromatic carbocycles. The average molecular weight is 550 g/mol. The van der Waals surface area contributed by atoms with Crippen molar-refractivity contribution < 1.29 is 19.2 Å². The minimum absolute atomic E-state index is 0.109. The van der Waals surface area contributed by atoms with Gasteiger partial charge in [0.25, 0.3) is 0 Å². The maximum absolute atomic E-state index is 13.0. The van der Waals surface area contributed by atoms with E-state index in [1.165, 1.54) is 12.4 Å². The van der Waals surface area contributed by atoms with E-state index in [-0.39, 0.29) is 65.8 Å². The molecule has 0 spiro atoms. The molecule has 0 atom stereocenters. The van der Waals surface area contributed by atoms with Crippen LogP contribution in [0.2, 0.25) is 0 Å². The van der Waals surface area contributed by atoms with E-state index in [4.69, 9.17) is 0 Å². The molecule has 0 unspecified atom stereocenters. The molecule has 6 nitrogen and oxygen atoms in total. The fourth-order valence-corrected chi connectivity index (χ4v) is 4.96. The predicted molar refractivity (Wildman–Crippen MR) is 124 cm³/mol. The maximum atomic E-state index is 13.0. The third-order valence-electron chi connectivity index (χ3n) is 5.29. The van der Waals surface area contributed by atoms with Crippen LogP contribution in [0.15, 0.2) is 69.9 Å². The lowest BCUT2D eigenvalue weighted by atomic mass is 9.86. The number of halogens is 2. The summed E-state index contributed by atoms with van der Waals surface area (Å²) in [5, 5.41) is 0. The van der Waals surface area contributed by atoms with Gasteiger partial charge in [-0.1, -0.05) is 24.3 Å². The molecule has 0 saturated heterocycles. The minimum atomic E-state index is -0.373. The van der Waals surface area contributed by atoms with Gasteiger partial charge in [0.2, 0.25) is 11.6 Å². The monoisotopic (exact) mass is 548 g/mol. The van der Waals surface area contributed by atoms with Gasteiger partial charge in [-0.05, 0) is 67.3 Å². The average Bonchev–Trinajstić information content (AvgIpc) is 2.82. The van der Waals surface area contributed by atoms with Crippen LogP contribution in [0.25, 0.3) is 11.1 Å². The third kappa shape index (κ3) is 2.98. The van der Waals surface area contributed by atoms with Crippen LogP contribution >= 0.6 is 31.9 Å². The molecule has 0 aliphatic heterocycles. The largest absolute Gasteiger partial charge is 0.288 e. The van der Waals surface area contributed by atoms with Crippen LogP contribution in [-0.2, 0) is 0 Å². The number of pyridine rings is 2. The number of hydrogen-bond acceptors (Lipinski definition) is 6. The Morgan fingerprint density at radius 2 is 0.906 bits per heavy atom. The zero-order chi connectivity index (χ0) is 22.6. The van der Waals surface area contributed by atoms with Gasteiger partial charge in [-0.3, -0.25) is 29.1 Å². The third-order valence-corrected chi connectivity index (χ3v) is 6.80. The molecule has 2 aliphatic carbocycles. The van der Waals surface area contributed by atoms with Crippen LogP contribution < -0.4 is 0 Å². The van der Waals surface area contributed by atoms with Crippen molar-refractivity contribution in [3.63, 3.8) is 0 Å². The van der Waals surface area contributed by atoms with Crippen LogP contribution in [-0.4, -0.2) is 33.1 Å². The van der Waals surface area contributed by atoms with Crippen molar-refractivity contribution in [3.05, 3.63) is 104 Å². The van der Waals surface area contributed by atoms with E-state index >= 15 is 0 Å². The number of aromatic nitrogens is 2. The van der Waals surface area contributed by atoms with Crippen molar-refractivity contribution in [2.45, 2.75) is 0 Å². The number of carbonyl (C=O) groups is 4. The highest BCUT2D eigenvalue weighted by atomic mass is 79.9. The van der Waals surface area contributed by atoms with E-state index in [0.29, 0.717) is 11.1 Å². The van der Waals surface area contributed by atoms with Gasteiger partial charge in [-0.25, -0.2) is 0 Å². The fourth-order valence-electron chi connectivity index (χ4n) is 3.76. The Labute approximate surface area is 198 Å². The van der Waals surface area contributed by atoms with E-state index in [9.17, 15) is 19.2 Å². The second-order valence-electron chi connectivity index (χ2n) is 7.07.